The van der Waals surface area contributed by atoms with Gasteiger partial charge >= 0.3 is 0 Å². The summed E-state index contributed by atoms with van der Waals surface area (Å²) in [4.78, 5) is 28.0. The van der Waals surface area contributed by atoms with Gasteiger partial charge in [-0.2, -0.15) is 0 Å². The van der Waals surface area contributed by atoms with Crippen LogP contribution in [0.4, 0.5) is 11.8 Å². The summed E-state index contributed by atoms with van der Waals surface area (Å²) in [6.45, 7) is 1.70. The smallest absolute Gasteiger partial charge is 0.228 e. The number of nitrogens with zero attached hydrogens (tertiary/aromatic N) is 4. The van der Waals surface area contributed by atoms with Gasteiger partial charge in [0.05, 0.1) is 0 Å². The second kappa shape index (κ2) is 8.46. The highest BCUT2D eigenvalue weighted by Gasteiger charge is 2.29. The molecule has 4 rings (SSSR count). The molecule has 2 aliphatic rings. The van der Waals surface area contributed by atoms with E-state index in [0.29, 0.717) is 17.8 Å². The SMILES string of the molecule is O=C(C1CCCCC1)N1CCC(c2cccc(Nc3ncccn3)n2)CC1. The van der Waals surface area contributed by atoms with Gasteiger partial charge in [0.1, 0.15) is 5.82 Å². The van der Waals surface area contributed by atoms with Gasteiger partial charge in [0.15, 0.2) is 0 Å². The maximum absolute atomic E-state index is 12.7. The van der Waals surface area contributed by atoms with Gasteiger partial charge in [0, 0.05) is 43.0 Å². The number of pyridine rings is 1. The summed E-state index contributed by atoms with van der Waals surface area (Å²) in [7, 11) is 0. The first-order valence-corrected chi connectivity index (χ1v) is 10.1. The fraction of sp³-hybridized carbons (Fsp3) is 0.524. The van der Waals surface area contributed by atoms with Gasteiger partial charge in [0.25, 0.3) is 0 Å². The van der Waals surface area contributed by atoms with Crippen molar-refractivity contribution in [2.75, 3.05) is 18.4 Å². The topological polar surface area (TPSA) is 71.0 Å². The molecule has 6 heteroatoms. The van der Waals surface area contributed by atoms with Crippen molar-refractivity contribution in [1.82, 2.24) is 19.9 Å². The molecule has 1 saturated heterocycles. The van der Waals surface area contributed by atoms with Gasteiger partial charge in [-0.3, -0.25) is 4.79 Å². The molecule has 2 aromatic rings. The number of anilines is 2. The van der Waals surface area contributed by atoms with E-state index in [9.17, 15) is 4.79 Å². The Labute approximate surface area is 160 Å². The Morgan fingerprint density at radius 1 is 0.963 bits per heavy atom. The number of rotatable bonds is 4. The molecule has 0 aromatic carbocycles. The van der Waals surface area contributed by atoms with Crippen LogP contribution in [0.3, 0.4) is 0 Å². The lowest BCUT2D eigenvalue weighted by Gasteiger charge is -2.35. The molecule has 142 valence electrons. The van der Waals surface area contributed by atoms with Crippen LogP contribution in [-0.2, 0) is 4.79 Å². The van der Waals surface area contributed by atoms with E-state index >= 15 is 0 Å². The number of aromatic nitrogens is 3. The fourth-order valence-corrected chi connectivity index (χ4v) is 4.23. The minimum absolute atomic E-state index is 0.270. The zero-order valence-corrected chi connectivity index (χ0v) is 15.7. The first-order chi connectivity index (χ1) is 13.3. The fourth-order valence-electron chi connectivity index (χ4n) is 4.23. The van der Waals surface area contributed by atoms with Gasteiger partial charge in [-0.25, -0.2) is 15.0 Å². The largest absolute Gasteiger partial charge is 0.342 e. The van der Waals surface area contributed by atoms with Crippen molar-refractivity contribution in [3.05, 3.63) is 42.4 Å². The van der Waals surface area contributed by atoms with Crippen LogP contribution in [-0.4, -0.2) is 38.8 Å². The number of amides is 1. The molecular formula is C21H27N5O. The lowest BCUT2D eigenvalue weighted by atomic mass is 9.86. The van der Waals surface area contributed by atoms with Crippen molar-refractivity contribution < 1.29 is 4.79 Å². The van der Waals surface area contributed by atoms with E-state index in [4.69, 9.17) is 4.98 Å². The van der Waals surface area contributed by atoms with Crippen molar-refractivity contribution in [1.29, 1.82) is 0 Å². The molecule has 0 radical (unpaired) electrons. The molecule has 1 amide bonds. The van der Waals surface area contributed by atoms with Gasteiger partial charge in [-0.1, -0.05) is 25.3 Å². The summed E-state index contributed by atoms with van der Waals surface area (Å²) >= 11 is 0. The monoisotopic (exact) mass is 365 g/mol. The Balaban J connectivity index is 1.35. The predicted octanol–water partition coefficient (Wildman–Crippen LogP) is 3.90. The zero-order chi connectivity index (χ0) is 18.5. The Kier molecular flexibility index (Phi) is 5.61. The molecule has 6 nitrogen and oxygen atoms in total. The van der Waals surface area contributed by atoms with Crippen LogP contribution in [0.25, 0.3) is 0 Å². The first kappa shape index (κ1) is 17.9. The van der Waals surface area contributed by atoms with Crippen LogP contribution >= 0.6 is 0 Å². The summed E-state index contributed by atoms with van der Waals surface area (Å²) < 4.78 is 0. The molecule has 0 unspecified atom stereocenters. The van der Waals surface area contributed by atoms with Crippen molar-refractivity contribution in [2.24, 2.45) is 5.92 Å². The summed E-state index contributed by atoms with van der Waals surface area (Å²) in [5.41, 5.74) is 1.08. The molecule has 2 fully saturated rings. The normalized spacial score (nSPS) is 19.0. The Morgan fingerprint density at radius 3 is 2.44 bits per heavy atom. The standard InChI is InChI=1S/C21H27N5O/c27-20(17-6-2-1-3-7-17)26-14-10-16(11-15-26)18-8-4-9-19(24-18)25-21-22-12-5-13-23-21/h4-5,8-9,12-13,16-17H,1-3,6-7,10-11,14-15H2,(H,22,23,24,25). The molecule has 1 aliphatic heterocycles. The van der Waals surface area contributed by atoms with Crippen LogP contribution < -0.4 is 5.32 Å². The molecule has 27 heavy (non-hydrogen) atoms. The highest BCUT2D eigenvalue weighted by Crippen LogP contribution is 2.31. The Bertz CT molecular complexity index is 752. The highest BCUT2D eigenvalue weighted by atomic mass is 16.2. The van der Waals surface area contributed by atoms with E-state index in [1.54, 1.807) is 18.5 Å². The highest BCUT2D eigenvalue weighted by molar-refractivity contribution is 5.79. The lowest BCUT2D eigenvalue weighted by molar-refractivity contribution is -0.137. The van der Waals surface area contributed by atoms with Crippen LogP contribution in [0.2, 0.25) is 0 Å². The minimum Gasteiger partial charge on any atom is -0.342 e. The molecule has 1 N–H and O–H groups in total. The first-order valence-electron chi connectivity index (χ1n) is 10.1. The average Bonchev–Trinajstić information content (AvgIpc) is 2.75. The van der Waals surface area contributed by atoms with E-state index < -0.39 is 0 Å². The Morgan fingerprint density at radius 2 is 1.70 bits per heavy atom. The van der Waals surface area contributed by atoms with E-state index in [-0.39, 0.29) is 5.92 Å². The van der Waals surface area contributed by atoms with E-state index in [1.807, 2.05) is 12.1 Å². The number of hydrogen-bond acceptors (Lipinski definition) is 5. The molecule has 1 saturated carbocycles. The van der Waals surface area contributed by atoms with Crippen molar-refractivity contribution >= 4 is 17.7 Å². The molecule has 0 bridgehead atoms. The number of nitrogens with one attached hydrogen (secondary N) is 1. The van der Waals surface area contributed by atoms with Gasteiger partial charge in [-0.15, -0.1) is 0 Å². The molecule has 0 spiro atoms. The van der Waals surface area contributed by atoms with Crippen LogP contribution in [0.1, 0.15) is 56.6 Å². The molecule has 0 atom stereocenters. The lowest BCUT2D eigenvalue weighted by Crippen LogP contribution is -2.42. The van der Waals surface area contributed by atoms with E-state index in [2.05, 4.69) is 26.3 Å². The molecule has 2 aromatic heterocycles. The van der Waals surface area contributed by atoms with Crippen molar-refractivity contribution in [3.8, 4) is 0 Å². The van der Waals surface area contributed by atoms with Crippen LogP contribution in [0, 0.1) is 5.92 Å². The van der Waals surface area contributed by atoms with Gasteiger partial charge in [-0.05, 0) is 43.9 Å². The Hall–Kier alpha value is -2.50. The summed E-state index contributed by atoms with van der Waals surface area (Å²) in [5, 5.41) is 3.16. The third-order valence-corrected chi connectivity index (χ3v) is 5.76. The zero-order valence-electron chi connectivity index (χ0n) is 15.7. The number of carbonyl (C=O) groups is 1. The second-order valence-electron chi connectivity index (χ2n) is 7.58. The molecular weight excluding hydrogens is 338 g/mol. The number of hydrogen-bond donors (Lipinski definition) is 1. The van der Waals surface area contributed by atoms with Gasteiger partial charge in [0.2, 0.25) is 11.9 Å². The summed E-state index contributed by atoms with van der Waals surface area (Å²) in [5.74, 6) is 2.37. The number of likely N-dealkylation sites (tertiary alicyclic amines) is 1. The second-order valence-corrected chi connectivity index (χ2v) is 7.58. The average molecular weight is 365 g/mol. The third kappa shape index (κ3) is 4.43. The summed E-state index contributed by atoms with van der Waals surface area (Å²) in [6, 6.07) is 7.83. The van der Waals surface area contributed by atoms with E-state index in [0.717, 1.165) is 50.3 Å². The predicted molar refractivity (Wildman–Crippen MR) is 105 cm³/mol. The van der Waals surface area contributed by atoms with E-state index in [1.165, 1.54) is 19.3 Å². The van der Waals surface area contributed by atoms with Crippen LogP contribution in [0.5, 0.6) is 0 Å². The third-order valence-electron chi connectivity index (χ3n) is 5.76. The maximum atomic E-state index is 12.7. The quantitative estimate of drug-likeness (QED) is 0.890. The molecule has 3 heterocycles. The number of piperidine rings is 1. The molecule has 1 aliphatic carbocycles. The van der Waals surface area contributed by atoms with Crippen LogP contribution in [0.15, 0.2) is 36.7 Å². The number of carbonyl (C=O) groups excluding carboxylic acids is 1. The van der Waals surface area contributed by atoms with Gasteiger partial charge < -0.3 is 10.2 Å². The van der Waals surface area contributed by atoms with Crippen molar-refractivity contribution in [3.63, 3.8) is 0 Å². The minimum atomic E-state index is 0.270. The maximum Gasteiger partial charge on any atom is 0.228 e. The summed E-state index contributed by atoms with van der Waals surface area (Å²) in [6.07, 6.45) is 11.2. The van der Waals surface area contributed by atoms with Crippen molar-refractivity contribution in [2.45, 2.75) is 50.9 Å².